The van der Waals surface area contributed by atoms with Crippen molar-refractivity contribution in [2.75, 3.05) is 26.2 Å². The predicted molar refractivity (Wildman–Crippen MR) is 163 cm³/mol. The topological polar surface area (TPSA) is 94.2 Å². The summed E-state index contributed by atoms with van der Waals surface area (Å²) in [6, 6.07) is 6.48. The first-order valence-corrected chi connectivity index (χ1v) is 14.5. The molecule has 3 aromatic rings. The Kier molecular flexibility index (Phi) is 8.28. The molecule has 4 N–H and O–H groups in total. The SMILES string of the molecule is CCCc1cc(C)[nH]c(=O)c1CNC(=O)c1cc(C2=CC(N3CCNCC3)NC=C2)cc2c1c(C)cn2C(C)C. The molecule has 40 heavy (non-hydrogen) atoms. The fraction of sp³-hybridized carbons (Fsp3) is 0.438. The molecule has 1 aromatic carbocycles. The minimum Gasteiger partial charge on any atom is -0.372 e. The molecule has 0 saturated carbocycles. The molecule has 212 valence electrons. The van der Waals surface area contributed by atoms with Gasteiger partial charge in [0.1, 0.15) is 0 Å². The Bertz CT molecular complexity index is 1520. The molecule has 0 bridgehead atoms. The summed E-state index contributed by atoms with van der Waals surface area (Å²) in [6.07, 6.45) is 10.3. The number of carbonyl (C=O) groups excluding carboxylic acids is 1. The Labute approximate surface area is 236 Å². The zero-order valence-corrected chi connectivity index (χ0v) is 24.4. The second-order valence-electron chi connectivity index (χ2n) is 11.3. The molecule has 2 aromatic heterocycles. The number of piperazine rings is 1. The van der Waals surface area contributed by atoms with Crippen LogP contribution in [0.2, 0.25) is 0 Å². The largest absolute Gasteiger partial charge is 0.372 e. The number of aromatic nitrogens is 2. The van der Waals surface area contributed by atoms with Crippen molar-refractivity contribution < 1.29 is 4.79 Å². The number of hydrogen-bond donors (Lipinski definition) is 4. The number of aromatic amines is 1. The van der Waals surface area contributed by atoms with Crippen LogP contribution in [0.25, 0.3) is 16.5 Å². The van der Waals surface area contributed by atoms with Crippen molar-refractivity contribution in [3.05, 3.63) is 86.6 Å². The smallest absolute Gasteiger partial charge is 0.253 e. The molecule has 2 aliphatic heterocycles. The molecule has 8 heteroatoms. The van der Waals surface area contributed by atoms with Crippen LogP contribution < -0.4 is 21.5 Å². The highest BCUT2D eigenvalue weighted by molar-refractivity contribution is 6.09. The second-order valence-corrected chi connectivity index (χ2v) is 11.3. The Balaban J connectivity index is 1.53. The number of hydrogen-bond acceptors (Lipinski definition) is 5. The number of rotatable bonds is 8. The molecule has 1 saturated heterocycles. The van der Waals surface area contributed by atoms with Crippen LogP contribution in [0.4, 0.5) is 0 Å². The van der Waals surface area contributed by atoms with E-state index in [0.29, 0.717) is 11.1 Å². The zero-order chi connectivity index (χ0) is 28.4. The van der Waals surface area contributed by atoms with Crippen molar-refractivity contribution in [2.45, 2.75) is 66.2 Å². The Morgan fingerprint density at radius 2 is 1.93 bits per heavy atom. The first kappa shape index (κ1) is 27.9. The van der Waals surface area contributed by atoms with Gasteiger partial charge in [0.15, 0.2) is 0 Å². The lowest BCUT2D eigenvalue weighted by Gasteiger charge is -2.35. The normalized spacial score (nSPS) is 17.8. The van der Waals surface area contributed by atoms with E-state index >= 15 is 0 Å². The number of allylic oxidation sites excluding steroid dienone is 2. The molecule has 0 aliphatic carbocycles. The maximum atomic E-state index is 13.9. The van der Waals surface area contributed by atoms with Crippen LogP contribution in [-0.2, 0) is 13.0 Å². The number of fused-ring (bicyclic) bond motifs is 1. The van der Waals surface area contributed by atoms with E-state index in [1.165, 1.54) is 0 Å². The van der Waals surface area contributed by atoms with Gasteiger partial charge in [-0.2, -0.15) is 0 Å². The van der Waals surface area contributed by atoms with Crippen LogP contribution >= 0.6 is 0 Å². The van der Waals surface area contributed by atoms with Crippen molar-refractivity contribution in [3.8, 4) is 0 Å². The van der Waals surface area contributed by atoms with Gasteiger partial charge in [-0.3, -0.25) is 14.5 Å². The molecule has 2 aliphatic rings. The molecule has 1 amide bonds. The van der Waals surface area contributed by atoms with Crippen molar-refractivity contribution in [3.63, 3.8) is 0 Å². The maximum Gasteiger partial charge on any atom is 0.253 e. The summed E-state index contributed by atoms with van der Waals surface area (Å²) in [7, 11) is 0. The minimum absolute atomic E-state index is 0.110. The number of H-pyrrole nitrogens is 1. The lowest BCUT2D eigenvalue weighted by Crippen LogP contribution is -2.52. The third-order valence-electron chi connectivity index (χ3n) is 7.98. The molecule has 4 heterocycles. The molecule has 5 rings (SSSR count). The average Bonchev–Trinajstić information content (AvgIpc) is 3.29. The van der Waals surface area contributed by atoms with Crippen LogP contribution in [-0.4, -0.2) is 52.7 Å². The van der Waals surface area contributed by atoms with E-state index in [1.54, 1.807) is 0 Å². The van der Waals surface area contributed by atoms with E-state index in [4.69, 9.17) is 0 Å². The number of nitrogens with one attached hydrogen (secondary N) is 4. The summed E-state index contributed by atoms with van der Waals surface area (Å²) in [4.78, 5) is 32.0. The van der Waals surface area contributed by atoms with Gasteiger partial charge in [0.25, 0.3) is 11.5 Å². The van der Waals surface area contributed by atoms with Gasteiger partial charge in [0, 0.05) is 72.7 Å². The molecule has 8 nitrogen and oxygen atoms in total. The van der Waals surface area contributed by atoms with Crippen LogP contribution in [0.15, 0.2) is 47.5 Å². The lowest BCUT2D eigenvalue weighted by molar-refractivity contribution is 0.0952. The van der Waals surface area contributed by atoms with Gasteiger partial charge in [0.05, 0.1) is 6.17 Å². The molecule has 1 unspecified atom stereocenters. The van der Waals surface area contributed by atoms with E-state index < -0.39 is 0 Å². The minimum atomic E-state index is -0.170. The number of amides is 1. The number of pyridine rings is 1. The fourth-order valence-electron chi connectivity index (χ4n) is 5.97. The summed E-state index contributed by atoms with van der Waals surface area (Å²) in [5.74, 6) is -0.170. The molecular weight excluding hydrogens is 500 g/mol. The third-order valence-corrected chi connectivity index (χ3v) is 7.98. The van der Waals surface area contributed by atoms with Gasteiger partial charge in [-0.05, 0) is 92.9 Å². The monoisotopic (exact) mass is 542 g/mol. The van der Waals surface area contributed by atoms with Crippen molar-refractivity contribution >= 4 is 22.4 Å². The van der Waals surface area contributed by atoms with Crippen LogP contribution in [0, 0.1) is 13.8 Å². The van der Waals surface area contributed by atoms with Gasteiger partial charge in [-0.25, -0.2) is 0 Å². The Morgan fingerprint density at radius 3 is 2.65 bits per heavy atom. The third kappa shape index (κ3) is 5.64. The van der Waals surface area contributed by atoms with Gasteiger partial charge < -0.3 is 25.5 Å². The van der Waals surface area contributed by atoms with E-state index in [-0.39, 0.29) is 30.2 Å². The Hall–Kier alpha value is -3.62. The summed E-state index contributed by atoms with van der Waals surface area (Å²) < 4.78 is 2.24. The first-order valence-electron chi connectivity index (χ1n) is 14.5. The van der Waals surface area contributed by atoms with E-state index in [9.17, 15) is 9.59 Å². The summed E-state index contributed by atoms with van der Waals surface area (Å²) >= 11 is 0. The standard InChI is InChI=1S/C32H42N6O2/c1-6-7-24-14-22(5)36-32(40)27(24)18-35-31(39)26-15-25(16-28-30(26)21(4)19-38(28)20(2)3)23-8-9-34-29(17-23)37-12-10-33-11-13-37/h8-9,14-17,19-20,29,33-34H,6-7,10-13,18H2,1-5H3,(H,35,39)(H,36,40). The van der Waals surface area contributed by atoms with Crippen molar-refractivity contribution in [1.29, 1.82) is 0 Å². The van der Waals surface area contributed by atoms with E-state index in [0.717, 1.165) is 77.9 Å². The van der Waals surface area contributed by atoms with E-state index in [2.05, 4.69) is 82.5 Å². The number of carbonyl (C=O) groups is 1. The average molecular weight is 543 g/mol. The second kappa shape index (κ2) is 11.9. The van der Waals surface area contributed by atoms with Crippen LogP contribution in [0.1, 0.15) is 71.5 Å². The zero-order valence-electron chi connectivity index (χ0n) is 24.4. The van der Waals surface area contributed by atoms with Gasteiger partial charge in [0.2, 0.25) is 0 Å². The fourth-order valence-corrected chi connectivity index (χ4v) is 5.97. The number of dihydropyridines is 1. The maximum absolute atomic E-state index is 13.9. The quantitative estimate of drug-likeness (QED) is 0.343. The summed E-state index contributed by atoms with van der Waals surface area (Å²) in [5.41, 5.74) is 7.18. The summed E-state index contributed by atoms with van der Waals surface area (Å²) in [5, 5.41) is 11.0. The molecule has 1 atom stereocenters. The van der Waals surface area contributed by atoms with Crippen LogP contribution in [0.5, 0.6) is 0 Å². The Morgan fingerprint density at radius 1 is 1.15 bits per heavy atom. The lowest BCUT2D eigenvalue weighted by atomic mass is 9.96. The highest BCUT2D eigenvalue weighted by Crippen LogP contribution is 2.32. The molecule has 0 radical (unpaired) electrons. The summed E-state index contributed by atoms with van der Waals surface area (Å²) in [6.45, 7) is 14.5. The van der Waals surface area contributed by atoms with Gasteiger partial charge in [-0.15, -0.1) is 0 Å². The number of aryl methyl sites for hydroxylation is 3. The molecule has 1 fully saturated rings. The molecular formula is C32H42N6O2. The predicted octanol–water partition coefficient (Wildman–Crippen LogP) is 4.14. The van der Waals surface area contributed by atoms with Gasteiger partial charge in [-0.1, -0.05) is 13.3 Å². The molecule has 0 spiro atoms. The van der Waals surface area contributed by atoms with E-state index in [1.807, 2.05) is 25.3 Å². The highest BCUT2D eigenvalue weighted by Gasteiger charge is 2.23. The van der Waals surface area contributed by atoms with Crippen molar-refractivity contribution in [1.82, 2.24) is 30.4 Å². The number of nitrogens with zero attached hydrogens (tertiary/aromatic N) is 2. The number of benzene rings is 1. The first-order chi connectivity index (χ1) is 19.3. The van der Waals surface area contributed by atoms with Crippen LogP contribution in [0.3, 0.4) is 0 Å². The highest BCUT2D eigenvalue weighted by atomic mass is 16.1. The van der Waals surface area contributed by atoms with Crippen molar-refractivity contribution in [2.24, 2.45) is 0 Å². The van der Waals surface area contributed by atoms with Gasteiger partial charge >= 0.3 is 0 Å².